The minimum absolute atomic E-state index is 0.454. The Balaban J connectivity index is 1.88. The number of primary amides is 1. The van der Waals surface area contributed by atoms with Crippen molar-refractivity contribution in [3.63, 3.8) is 0 Å². The minimum atomic E-state index is -0.462. The van der Waals surface area contributed by atoms with Crippen molar-refractivity contribution < 1.29 is 9.53 Å². The largest absolute Gasteiger partial charge is 0.477 e. The van der Waals surface area contributed by atoms with E-state index in [0.29, 0.717) is 24.0 Å². The maximum atomic E-state index is 11.6. The molecule has 1 aliphatic rings. The third kappa shape index (κ3) is 2.58. The summed E-state index contributed by atoms with van der Waals surface area (Å²) >= 11 is 0. The number of aromatic nitrogens is 1. The van der Waals surface area contributed by atoms with Crippen molar-refractivity contribution in [2.75, 3.05) is 19.7 Å². The summed E-state index contributed by atoms with van der Waals surface area (Å²) < 4.78 is 5.73. The molecule has 104 valence electrons. The lowest BCUT2D eigenvalue weighted by molar-refractivity contribution is 0.100. The zero-order chi connectivity index (χ0) is 13.9. The van der Waals surface area contributed by atoms with Gasteiger partial charge in [0.2, 0.25) is 11.8 Å². The van der Waals surface area contributed by atoms with Gasteiger partial charge in [0.05, 0.1) is 17.7 Å². The number of nitrogens with zero attached hydrogens (tertiary/aromatic N) is 1. The smallest absolute Gasteiger partial charge is 0.249 e. The molecule has 0 saturated carbocycles. The molecule has 0 radical (unpaired) electrons. The Morgan fingerprint density at radius 1 is 1.45 bits per heavy atom. The number of nitrogens with one attached hydrogen (secondary N) is 1. The second-order valence-electron chi connectivity index (χ2n) is 5.06. The Morgan fingerprint density at radius 2 is 2.30 bits per heavy atom. The summed E-state index contributed by atoms with van der Waals surface area (Å²) in [5.41, 5.74) is 6.61. The van der Waals surface area contributed by atoms with Crippen LogP contribution in [0.3, 0.4) is 0 Å². The maximum absolute atomic E-state index is 11.6. The summed E-state index contributed by atoms with van der Waals surface area (Å²) in [6, 6.07) is 9.07. The molecule has 3 N–H and O–H groups in total. The fourth-order valence-electron chi connectivity index (χ4n) is 2.49. The van der Waals surface area contributed by atoms with Gasteiger partial charge >= 0.3 is 0 Å². The SMILES string of the molecule is NC(=O)c1cc(OCC2CCNC2)nc2ccccc12. The first-order valence-electron chi connectivity index (χ1n) is 6.77. The van der Waals surface area contributed by atoms with Crippen molar-refractivity contribution >= 4 is 16.8 Å². The van der Waals surface area contributed by atoms with Crippen molar-refractivity contribution in [2.24, 2.45) is 11.7 Å². The van der Waals surface area contributed by atoms with E-state index in [4.69, 9.17) is 10.5 Å². The van der Waals surface area contributed by atoms with Gasteiger partial charge in [-0.25, -0.2) is 4.98 Å². The van der Waals surface area contributed by atoms with Gasteiger partial charge in [0, 0.05) is 23.9 Å². The van der Waals surface area contributed by atoms with Crippen LogP contribution in [0.2, 0.25) is 0 Å². The number of pyridine rings is 1. The number of carbonyl (C=O) groups is 1. The van der Waals surface area contributed by atoms with Crippen LogP contribution in [-0.4, -0.2) is 30.6 Å². The molecule has 1 unspecified atom stereocenters. The summed E-state index contributed by atoms with van der Waals surface area (Å²) in [6.45, 7) is 2.61. The van der Waals surface area contributed by atoms with E-state index in [0.717, 1.165) is 30.4 Å². The minimum Gasteiger partial charge on any atom is -0.477 e. The van der Waals surface area contributed by atoms with Crippen LogP contribution in [0.25, 0.3) is 10.9 Å². The molecule has 1 amide bonds. The van der Waals surface area contributed by atoms with Crippen LogP contribution in [0.5, 0.6) is 5.88 Å². The average molecular weight is 271 g/mol. The third-order valence-corrected chi connectivity index (χ3v) is 3.59. The molecular weight excluding hydrogens is 254 g/mol. The number of hydrogen-bond acceptors (Lipinski definition) is 4. The highest BCUT2D eigenvalue weighted by Crippen LogP contribution is 2.22. The molecule has 2 heterocycles. The number of benzene rings is 1. The highest BCUT2D eigenvalue weighted by Gasteiger charge is 2.16. The van der Waals surface area contributed by atoms with Crippen LogP contribution in [0, 0.1) is 5.92 Å². The molecule has 0 aliphatic carbocycles. The Hall–Kier alpha value is -2.14. The number of carbonyl (C=O) groups excluding carboxylic acids is 1. The molecular formula is C15H17N3O2. The van der Waals surface area contributed by atoms with Gasteiger partial charge in [-0.15, -0.1) is 0 Å². The van der Waals surface area contributed by atoms with Crippen LogP contribution in [0.4, 0.5) is 0 Å². The Bertz CT molecular complexity index is 636. The third-order valence-electron chi connectivity index (χ3n) is 3.59. The number of ether oxygens (including phenoxy) is 1. The average Bonchev–Trinajstić information content (AvgIpc) is 2.97. The van der Waals surface area contributed by atoms with E-state index in [-0.39, 0.29) is 0 Å². The van der Waals surface area contributed by atoms with E-state index in [9.17, 15) is 4.79 Å². The highest BCUT2D eigenvalue weighted by molar-refractivity contribution is 6.05. The number of para-hydroxylation sites is 1. The van der Waals surface area contributed by atoms with Crippen molar-refractivity contribution in [2.45, 2.75) is 6.42 Å². The summed E-state index contributed by atoms with van der Waals surface area (Å²) in [7, 11) is 0. The maximum Gasteiger partial charge on any atom is 0.249 e. The van der Waals surface area contributed by atoms with Crippen LogP contribution in [0.15, 0.2) is 30.3 Å². The first-order chi connectivity index (χ1) is 9.74. The fourth-order valence-corrected chi connectivity index (χ4v) is 2.49. The van der Waals surface area contributed by atoms with Gasteiger partial charge < -0.3 is 15.8 Å². The summed E-state index contributed by atoms with van der Waals surface area (Å²) in [5.74, 6) is 0.501. The lowest BCUT2D eigenvalue weighted by Gasteiger charge is -2.12. The quantitative estimate of drug-likeness (QED) is 0.879. The molecule has 5 heteroatoms. The second-order valence-corrected chi connectivity index (χ2v) is 5.06. The molecule has 1 aliphatic heterocycles. The normalized spacial score (nSPS) is 18.3. The van der Waals surface area contributed by atoms with Crippen molar-refractivity contribution in [1.82, 2.24) is 10.3 Å². The van der Waals surface area contributed by atoms with E-state index in [2.05, 4.69) is 10.3 Å². The van der Waals surface area contributed by atoms with E-state index in [1.54, 1.807) is 6.07 Å². The summed E-state index contributed by atoms with van der Waals surface area (Å²) in [5, 5.41) is 4.05. The van der Waals surface area contributed by atoms with E-state index in [1.165, 1.54) is 0 Å². The van der Waals surface area contributed by atoms with Gasteiger partial charge in [0.15, 0.2) is 0 Å². The van der Waals surface area contributed by atoms with Gasteiger partial charge in [-0.2, -0.15) is 0 Å². The van der Waals surface area contributed by atoms with Gasteiger partial charge in [0.25, 0.3) is 0 Å². The second kappa shape index (κ2) is 5.46. The molecule has 1 aromatic heterocycles. The molecule has 1 aromatic carbocycles. The zero-order valence-corrected chi connectivity index (χ0v) is 11.1. The Labute approximate surface area is 117 Å². The lowest BCUT2D eigenvalue weighted by Crippen LogP contribution is -2.17. The standard InChI is InChI=1S/C15H17N3O2/c16-15(19)12-7-14(20-9-10-5-6-17-8-10)18-13-4-2-1-3-11(12)13/h1-4,7,10,17H,5-6,8-9H2,(H2,16,19). The molecule has 2 aromatic rings. The molecule has 5 nitrogen and oxygen atoms in total. The first-order valence-corrected chi connectivity index (χ1v) is 6.77. The molecule has 1 atom stereocenters. The Morgan fingerprint density at radius 3 is 3.05 bits per heavy atom. The predicted molar refractivity (Wildman–Crippen MR) is 76.7 cm³/mol. The van der Waals surface area contributed by atoms with E-state index >= 15 is 0 Å². The molecule has 0 bridgehead atoms. The van der Waals surface area contributed by atoms with E-state index < -0.39 is 5.91 Å². The molecule has 20 heavy (non-hydrogen) atoms. The van der Waals surface area contributed by atoms with Crippen molar-refractivity contribution in [3.8, 4) is 5.88 Å². The summed E-state index contributed by atoms with van der Waals surface area (Å²) in [6.07, 6.45) is 1.11. The van der Waals surface area contributed by atoms with Gasteiger partial charge in [-0.3, -0.25) is 4.79 Å². The molecule has 3 rings (SSSR count). The fraction of sp³-hybridized carbons (Fsp3) is 0.333. The monoisotopic (exact) mass is 271 g/mol. The summed E-state index contributed by atoms with van der Waals surface area (Å²) in [4.78, 5) is 16.0. The number of nitrogens with two attached hydrogens (primary N) is 1. The topological polar surface area (TPSA) is 77.2 Å². The van der Waals surface area contributed by atoms with Crippen LogP contribution < -0.4 is 15.8 Å². The van der Waals surface area contributed by atoms with Crippen LogP contribution in [0.1, 0.15) is 16.8 Å². The van der Waals surface area contributed by atoms with Crippen molar-refractivity contribution in [1.29, 1.82) is 0 Å². The lowest BCUT2D eigenvalue weighted by atomic mass is 10.1. The predicted octanol–water partition coefficient (Wildman–Crippen LogP) is 1.32. The number of amides is 1. The molecule has 0 spiro atoms. The van der Waals surface area contributed by atoms with E-state index in [1.807, 2.05) is 24.3 Å². The van der Waals surface area contributed by atoms with Gasteiger partial charge in [0.1, 0.15) is 0 Å². The van der Waals surface area contributed by atoms with Gasteiger partial charge in [-0.05, 0) is 19.0 Å². The number of rotatable bonds is 4. The zero-order valence-electron chi connectivity index (χ0n) is 11.1. The first kappa shape index (κ1) is 12.9. The highest BCUT2D eigenvalue weighted by atomic mass is 16.5. The molecule has 1 fully saturated rings. The molecule has 1 saturated heterocycles. The van der Waals surface area contributed by atoms with Crippen LogP contribution >= 0.6 is 0 Å². The Kier molecular flexibility index (Phi) is 3.52. The van der Waals surface area contributed by atoms with Crippen molar-refractivity contribution in [3.05, 3.63) is 35.9 Å². The number of fused-ring (bicyclic) bond motifs is 1. The van der Waals surface area contributed by atoms with Crippen LogP contribution in [-0.2, 0) is 0 Å². The van der Waals surface area contributed by atoms with Gasteiger partial charge in [-0.1, -0.05) is 18.2 Å². The number of hydrogen-bond donors (Lipinski definition) is 2.